The smallest absolute Gasteiger partial charge is 0.487 e. The second-order valence-electron chi connectivity index (χ2n) is 7.33. The number of hydrogen-bond donors (Lipinski definition) is 4. The van der Waals surface area contributed by atoms with Crippen LogP contribution in [0.25, 0.3) is 27.8 Å². The number of rotatable bonds is 5. The standard InChI is InChI=1S/C20H18N8O.C2HF3O2/c1-22-17-5-3-12-2-4-14(9-16(12)25-17)29-10-13-8-18(27-26-13)28-7-6-15-19(21)23-11-24-20(15)28;3-2(4,5)1(6)7/h2-9,11H,10H2,1H3,(H,22,25)(H,26,27)(H2,21,23,24);(H,6,7). The van der Waals surface area contributed by atoms with Crippen LogP contribution in [0.15, 0.2) is 55.0 Å². The summed E-state index contributed by atoms with van der Waals surface area (Å²) in [5, 5.41) is 19.4. The highest BCUT2D eigenvalue weighted by Gasteiger charge is 2.38. The lowest BCUT2D eigenvalue weighted by Gasteiger charge is -2.07. The van der Waals surface area contributed by atoms with E-state index in [0.29, 0.717) is 23.9 Å². The third-order valence-electron chi connectivity index (χ3n) is 4.93. The molecule has 36 heavy (non-hydrogen) atoms. The first-order chi connectivity index (χ1) is 17.2. The second-order valence-corrected chi connectivity index (χ2v) is 7.33. The number of H-pyrrole nitrogens is 1. The number of anilines is 2. The first kappa shape index (κ1) is 24.3. The molecular weight excluding hydrogens is 481 g/mol. The predicted octanol–water partition coefficient (Wildman–Crippen LogP) is 3.53. The summed E-state index contributed by atoms with van der Waals surface area (Å²) in [5.74, 6) is -0.0557. The van der Waals surface area contributed by atoms with Crippen LogP contribution < -0.4 is 15.8 Å². The zero-order chi connectivity index (χ0) is 25.9. The molecule has 0 unspecified atom stereocenters. The van der Waals surface area contributed by atoms with Gasteiger partial charge >= 0.3 is 12.1 Å². The van der Waals surface area contributed by atoms with Gasteiger partial charge < -0.3 is 20.9 Å². The number of ether oxygens (including phenoxy) is 1. The Morgan fingerprint density at radius 3 is 2.67 bits per heavy atom. The Bertz CT molecular complexity index is 1530. The molecule has 0 spiro atoms. The maximum atomic E-state index is 10.6. The van der Waals surface area contributed by atoms with Crippen molar-refractivity contribution in [3.63, 3.8) is 0 Å². The van der Waals surface area contributed by atoms with Gasteiger partial charge in [0, 0.05) is 30.8 Å². The lowest BCUT2D eigenvalue weighted by Crippen LogP contribution is -2.21. The van der Waals surface area contributed by atoms with Crippen LogP contribution in [0.3, 0.4) is 0 Å². The number of nitrogen functional groups attached to an aromatic ring is 1. The van der Waals surface area contributed by atoms with Gasteiger partial charge in [-0.3, -0.25) is 9.67 Å². The van der Waals surface area contributed by atoms with Gasteiger partial charge in [0.15, 0.2) is 11.5 Å². The summed E-state index contributed by atoms with van der Waals surface area (Å²) in [7, 11) is 1.85. The van der Waals surface area contributed by atoms with Crippen LogP contribution in [0.2, 0.25) is 0 Å². The van der Waals surface area contributed by atoms with Crippen molar-refractivity contribution in [1.29, 1.82) is 0 Å². The van der Waals surface area contributed by atoms with E-state index in [1.165, 1.54) is 6.33 Å². The molecule has 1 aromatic carbocycles. The molecule has 11 nitrogen and oxygen atoms in total. The fourth-order valence-corrected chi connectivity index (χ4v) is 3.19. The third kappa shape index (κ3) is 5.27. The van der Waals surface area contributed by atoms with Crippen molar-refractivity contribution in [1.82, 2.24) is 29.7 Å². The molecule has 186 valence electrons. The van der Waals surface area contributed by atoms with Gasteiger partial charge in [-0.2, -0.15) is 18.3 Å². The summed E-state index contributed by atoms with van der Waals surface area (Å²) in [5.41, 5.74) is 8.31. The third-order valence-corrected chi connectivity index (χ3v) is 4.93. The van der Waals surface area contributed by atoms with Crippen molar-refractivity contribution in [2.24, 2.45) is 0 Å². The summed E-state index contributed by atoms with van der Waals surface area (Å²) in [6, 6.07) is 13.6. The van der Waals surface area contributed by atoms with Gasteiger partial charge in [-0.15, -0.1) is 0 Å². The first-order valence-corrected chi connectivity index (χ1v) is 10.3. The Kier molecular flexibility index (Phi) is 6.58. The SMILES string of the molecule is CNc1ccc2ccc(OCc3cc(-n4ccc5c(N)ncnc54)n[nH]3)cc2n1.O=C(O)C(F)(F)F. The minimum Gasteiger partial charge on any atom is -0.487 e. The van der Waals surface area contributed by atoms with Crippen molar-refractivity contribution < 1.29 is 27.8 Å². The molecule has 0 fully saturated rings. The normalized spacial score (nSPS) is 11.2. The van der Waals surface area contributed by atoms with Crippen molar-refractivity contribution in [3.8, 4) is 11.6 Å². The summed E-state index contributed by atoms with van der Waals surface area (Å²) in [4.78, 5) is 21.8. The topological polar surface area (TPSA) is 157 Å². The number of nitrogens with one attached hydrogen (secondary N) is 2. The van der Waals surface area contributed by atoms with Crippen LogP contribution in [0.5, 0.6) is 5.75 Å². The molecule has 0 saturated carbocycles. The fourth-order valence-electron chi connectivity index (χ4n) is 3.19. The molecule has 0 radical (unpaired) electrons. The van der Waals surface area contributed by atoms with Gasteiger partial charge in [-0.25, -0.2) is 19.7 Å². The van der Waals surface area contributed by atoms with Gasteiger partial charge in [-0.05, 0) is 30.3 Å². The molecule has 0 saturated heterocycles. The van der Waals surface area contributed by atoms with E-state index >= 15 is 0 Å². The zero-order valence-electron chi connectivity index (χ0n) is 18.6. The number of hydrogen-bond acceptors (Lipinski definition) is 8. The molecule has 0 aliphatic carbocycles. The molecule has 14 heteroatoms. The van der Waals surface area contributed by atoms with Crippen LogP contribution in [0.1, 0.15) is 5.69 Å². The van der Waals surface area contributed by atoms with Crippen LogP contribution in [-0.2, 0) is 11.4 Å². The van der Waals surface area contributed by atoms with Crippen LogP contribution in [-0.4, -0.2) is 54.0 Å². The van der Waals surface area contributed by atoms with Gasteiger partial charge in [0.05, 0.1) is 16.6 Å². The predicted molar refractivity (Wildman–Crippen MR) is 125 cm³/mol. The molecule has 5 aromatic rings. The zero-order valence-corrected chi connectivity index (χ0v) is 18.6. The quantitative estimate of drug-likeness (QED) is 0.283. The minimum atomic E-state index is -5.08. The molecule has 5 rings (SSSR count). The molecule has 0 atom stereocenters. The van der Waals surface area contributed by atoms with E-state index in [-0.39, 0.29) is 0 Å². The fraction of sp³-hybridized carbons (Fsp3) is 0.136. The second kappa shape index (κ2) is 9.77. The van der Waals surface area contributed by atoms with E-state index in [9.17, 15) is 13.2 Å². The summed E-state index contributed by atoms with van der Waals surface area (Å²) in [6.45, 7) is 0.348. The molecule has 0 aliphatic heterocycles. The number of aromatic amines is 1. The average Bonchev–Trinajstić information content (AvgIpc) is 3.49. The van der Waals surface area contributed by atoms with Crippen molar-refractivity contribution in [2.75, 3.05) is 18.1 Å². The van der Waals surface area contributed by atoms with Gasteiger partial charge in [-0.1, -0.05) is 0 Å². The van der Waals surface area contributed by atoms with Gasteiger partial charge in [0.25, 0.3) is 0 Å². The highest BCUT2D eigenvalue weighted by Crippen LogP contribution is 2.23. The van der Waals surface area contributed by atoms with E-state index in [0.717, 1.165) is 33.6 Å². The Balaban J connectivity index is 0.000000384. The van der Waals surface area contributed by atoms with E-state index in [1.54, 1.807) is 0 Å². The van der Waals surface area contributed by atoms with Gasteiger partial charge in [0.1, 0.15) is 30.3 Å². The summed E-state index contributed by atoms with van der Waals surface area (Å²) < 4.78 is 39.5. The Labute approximate surface area is 200 Å². The number of carboxylic acids is 1. The number of fused-ring (bicyclic) bond motifs is 2. The Hall–Kier alpha value is -4.88. The first-order valence-electron chi connectivity index (χ1n) is 10.3. The molecular formula is C22H19F3N8O3. The number of benzene rings is 1. The molecule has 4 heterocycles. The number of carbonyl (C=O) groups is 1. The maximum Gasteiger partial charge on any atom is 0.490 e. The number of pyridine rings is 1. The summed E-state index contributed by atoms with van der Waals surface area (Å²) >= 11 is 0. The molecule has 0 bridgehead atoms. The number of nitrogens with zero attached hydrogens (tertiary/aromatic N) is 5. The number of nitrogens with two attached hydrogens (primary N) is 1. The number of aromatic nitrogens is 6. The van der Waals surface area contributed by atoms with E-state index < -0.39 is 12.1 Å². The summed E-state index contributed by atoms with van der Waals surface area (Å²) in [6.07, 6.45) is -1.77. The Morgan fingerprint density at radius 2 is 1.94 bits per heavy atom. The van der Waals surface area contributed by atoms with Crippen molar-refractivity contribution in [2.45, 2.75) is 12.8 Å². The van der Waals surface area contributed by atoms with Crippen LogP contribution >= 0.6 is 0 Å². The lowest BCUT2D eigenvalue weighted by atomic mass is 10.2. The lowest BCUT2D eigenvalue weighted by molar-refractivity contribution is -0.192. The van der Waals surface area contributed by atoms with Crippen LogP contribution in [0, 0.1) is 0 Å². The number of carboxylic acid groups (broad SMARTS) is 1. The highest BCUT2D eigenvalue weighted by molar-refractivity contribution is 5.87. The van der Waals surface area contributed by atoms with Crippen molar-refractivity contribution in [3.05, 3.63) is 60.7 Å². The largest absolute Gasteiger partial charge is 0.490 e. The number of alkyl halides is 3. The monoisotopic (exact) mass is 500 g/mol. The number of aliphatic carboxylic acids is 1. The molecule has 0 aliphatic rings. The minimum absolute atomic E-state index is 0.348. The van der Waals surface area contributed by atoms with Gasteiger partial charge in [0.2, 0.25) is 0 Å². The Morgan fingerprint density at radius 1 is 1.19 bits per heavy atom. The molecule has 4 aromatic heterocycles. The number of halogens is 3. The van der Waals surface area contributed by atoms with Crippen molar-refractivity contribution >= 4 is 39.5 Å². The van der Waals surface area contributed by atoms with E-state index in [1.807, 2.05) is 60.3 Å². The average molecular weight is 500 g/mol. The molecule has 0 amide bonds. The molecule has 5 N–H and O–H groups in total. The van der Waals surface area contributed by atoms with E-state index in [4.69, 9.17) is 20.4 Å². The maximum absolute atomic E-state index is 10.6. The van der Waals surface area contributed by atoms with Crippen LogP contribution in [0.4, 0.5) is 24.8 Å². The highest BCUT2D eigenvalue weighted by atomic mass is 19.4. The van der Waals surface area contributed by atoms with E-state index in [2.05, 4.69) is 30.5 Å².